The molecule has 0 aliphatic rings. The molecule has 0 N–H and O–H groups in total. The van der Waals surface area contributed by atoms with Gasteiger partial charge in [-0.05, 0) is 6.92 Å². The zero-order valence-corrected chi connectivity index (χ0v) is 4.92. The normalized spacial score (nSPS) is 16.1. The number of hydrogen-bond donors (Lipinski definition) is 0. The Morgan fingerprint density at radius 2 is 1.88 bits per heavy atom. The van der Waals surface area contributed by atoms with Gasteiger partial charge in [0.25, 0.3) is 5.92 Å². The molecule has 0 aromatic heterocycles. The van der Waals surface area contributed by atoms with Crippen molar-refractivity contribution in [2.24, 2.45) is 0 Å². The molecule has 0 nitrogen and oxygen atoms in total. The molecule has 0 aromatic rings. The third-order valence-electron chi connectivity index (χ3n) is 1.05. The summed E-state index contributed by atoms with van der Waals surface area (Å²) in [5, 5.41) is 0. The average molecular weight is 126 g/mol. The first-order chi connectivity index (χ1) is 3.50. The Bertz CT molecular complexity index is 68.1. The molecule has 0 saturated heterocycles. The molecule has 0 radical (unpaired) electrons. The summed E-state index contributed by atoms with van der Waals surface area (Å²) in [6.07, 6.45) is -2.45. The van der Waals surface area contributed by atoms with Crippen LogP contribution in [0.3, 0.4) is 0 Å². The van der Waals surface area contributed by atoms with E-state index < -0.39 is 18.5 Å². The van der Waals surface area contributed by atoms with Crippen molar-refractivity contribution in [3.05, 3.63) is 0 Å². The highest BCUT2D eigenvalue weighted by molar-refractivity contribution is 4.69. The molecular formula is C5H9F3. The van der Waals surface area contributed by atoms with Gasteiger partial charge in [-0.15, -0.1) is 0 Å². The molecule has 1 atom stereocenters. The third kappa shape index (κ3) is 1.72. The van der Waals surface area contributed by atoms with Gasteiger partial charge in [-0.2, -0.15) is 0 Å². The minimum absolute atomic E-state index is 0.426. The maximum absolute atomic E-state index is 11.9. The van der Waals surface area contributed by atoms with Crippen LogP contribution in [0.25, 0.3) is 0 Å². The lowest BCUT2D eigenvalue weighted by Gasteiger charge is -2.13. The van der Waals surface area contributed by atoms with Crippen LogP contribution in [-0.2, 0) is 0 Å². The molecule has 0 aromatic carbocycles. The minimum atomic E-state index is -3.12. The molecule has 0 amide bonds. The molecule has 0 bridgehead atoms. The van der Waals surface area contributed by atoms with Gasteiger partial charge < -0.3 is 0 Å². The molecule has 0 spiro atoms. The number of hydrogen-bond acceptors (Lipinski definition) is 0. The van der Waals surface area contributed by atoms with Gasteiger partial charge in [0.2, 0.25) is 0 Å². The lowest BCUT2D eigenvalue weighted by atomic mass is 10.2. The van der Waals surface area contributed by atoms with E-state index in [0.29, 0.717) is 0 Å². The molecule has 0 heterocycles. The first kappa shape index (κ1) is 7.79. The van der Waals surface area contributed by atoms with Gasteiger partial charge in [0, 0.05) is 6.42 Å². The molecule has 0 unspecified atom stereocenters. The number of rotatable bonds is 2. The molecule has 0 saturated carbocycles. The van der Waals surface area contributed by atoms with E-state index in [1.807, 2.05) is 0 Å². The van der Waals surface area contributed by atoms with Gasteiger partial charge in [0.05, 0.1) is 0 Å². The van der Waals surface area contributed by atoms with E-state index in [4.69, 9.17) is 0 Å². The maximum Gasteiger partial charge on any atom is 0.278 e. The largest absolute Gasteiger partial charge is 0.278 e. The highest BCUT2D eigenvalue weighted by Crippen LogP contribution is 2.24. The summed E-state index contributed by atoms with van der Waals surface area (Å²) in [7, 11) is 0. The fraction of sp³-hybridized carbons (Fsp3) is 1.00. The molecule has 0 fully saturated rings. The second-order valence-corrected chi connectivity index (χ2v) is 1.73. The Kier molecular flexibility index (Phi) is 2.31. The van der Waals surface area contributed by atoms with Gasteiger partial charge in [-0.25, -0.2) is 13.2 Å². The second kappa shape index (κ2) is 2.37. The van der Waals surface area contributed by atoms with Gasteiger partial charge in [0.1, 0.15) is 0 Å². The van der Waals surface area contributed by atoms with E-state index in [9.17, 15) is 13.2 Å². The first-order valence-corrected chi connectivity index (χ1v) is 2.52. The van der Waals surface area contributed by atoms with Crippen LogP contribution in [0.1, 0.15) is 20.3 Å². The lowest BCUT2D eigenvalue weighted by molar-refractivity contribution is -0.0672. The molecule has 0 rings (SSSR count). The fourth-order valence-electron chi connectivity index (χ4n) is 0.281. The topological polar surface area (TPSA) is 0 Å². The second-order valence-electron chi connectivity index (χ2n) is 1.73. The van der Waals surface area contributed by atoms with E-state index in [0.717, 1.165) is 6.92 Å². The molecular weight excluding hydrogens is 117 g/mol. The first-order valence-electron chi connectivity index (χ1n) is 2.52. The van der Waals surface area contributed by atoms with Crippen LogP contribution >= 0.6 is 0 Å². The fourth-order valence-corrected chi connectivity index (χ4v) is 0.281. The van der Waals surface area contributed by atoms with Gasteiger partial charge in [-0.1, -0.05) is 6.92 Å². The summed E-state index contributed by atoms with van der Waals surface area (Å²) in [5.74, 6) is -3.12. The van der Waals surface area contributed by atoms with Crippen molar-refractivity contribution in [2.75, 3.05) is 0 Å². The van der Waals surface area contributed by atoms with Crippen LogP contribution in [0, 0.1) is 0 Å². The summed E-state index contributed by atoms with van der Waals surface area (Å²) >= 11 is 0. The molecule has 50 valence electrons. The van der Waals surface area contributed by atoms with Crippen molar-refractivity contribution in [3.8, 4) is 0 Å². The SMILES string of the molecule is CCC(F)(F)[C@H](C)F. The molecule has 0 aliphatic carbocycles. The van der Waals surface area contributed by atoms with E-state index in [1.54, 1.807) is 0 Å². The van der Waals surface area contributed by atoms with Crippen molar-refractivity contribution >= 4 is 0 Å². The summed E-state index contributed by atoms with van der Waals surface area (Å²) in [6, 6.07) is 0. The van der Waals surface area contributed by atoms with Gasteiger partial charge >= 0.3 is 0 Å². The monoisotopic (exact) mass is 126 g/mol. The Morgan fingerprint density at radius 1 is 1.50 bits per heavy atom. The Morgan fingerprint density at radius 3 is 1.88 bits per heavy atom. The summed E-state index contributed by atoms with van der Waals surface area (Å²) in [5.41, 5.74) is 0. The highest BCUT2D eigenvalue weighted by atomic mass is 19.3. The summed E-state index contributed by atoms with van der Waals surface area (Å²) < 4.78 is 35.5. The van der Waals surface area contributed by atoms with Crippen LogP contribution in [0.5, 0.6) is 0 Å². The van der Waals surface area contributed by atoms with Crippen molar-refractivity contribution in [1.82, 2.24) is 0 Å². The van der Waals surface area contributed by atoms with Crippen LogP contribution in [0.4, 0.5) is 13.2 Å². The summed E-state index contributed by atoms with van der Waals surface area (Å²) in [4.78, 5) is 0. The summed E-state index contributed by atoms with van der Waals surface area (Å²) in [6.45, 7) is 2.12. The third-order valence-corrected chi connectivity index (χ3v) is 1.05. The molecule has 0 aliphatic heterocycles. The van der Waals surface area contributed by atoms with Crippen molar-refractivity contribution in [3.63, 3.8) is 0 Å². The minimum Gasteiger partial charge on any atom is -0.241 e. The quantitative estimate of drug-likeness (QED) is 0.533. The highest BCUT2D eigenvalue weighted by Gasteiger charge is 2.33. The van der Waals surface area contributed by atoms with E-state index >= 15 is 0 Å². The van der Waals surface area contributed by atoms with Crippen molar-refractivity contribution in [1.29, 1.82) is 0 Å². The van der Waals surface area contributed by atoms with Crippen LogP contribution in [-0.4, -0.2) is 12.1 Å². The van der Waals surface area contributed by atoms with Crippen LogP contribution in [0.15, 0.2) is 0 Å². The maximum atomic E-state index is 11.9. The smallest absolute Gasteiger partial charge is 0.241 e. The predicted octanol–water partition coefficient (Wildman–Crippen LogP) is 2.39. The van der Waals surface area contributed by atoms with Crippen LogP contribution < -0.4 is 0 Å². The van der Waals surface area contributed by atoms with Gasteiger partial charge in [-0.3, -0.25) is 0 Å². The van der Waals surface area contributed by atoms with E-state index in [1.165, 1.54) is 6.92 Å². The number of alkyl halides is 3. The van der Waals surface area contributed by atoms with Crippen LogP contribution in [0.2, 0.25) is 0 Å². The van der Waals surface area contributed by atoms with Gasteiger partial charge in [0.15, 0.2) is 6.17 Å². The average Bonchev–Trinajstić information content (AvgIpc) is 1.67. The Labute approximate surface area is 46.7 Å². The standard InChI is InChI=1S/C5H9F3/c1-3-5(7,8)4(2)6/h4H,3H2,1-2H3/t4-/m0/s1. The Balaban J connectivity index is 3.71. The Hall–Kier alpha value is -0.210. The van der Waals surface area contributed by atoms with Crippen molar-refractivity contribution < 1.29 is 13.2 Å². The zero-order chi connectivity index (χ0) is 6.78. The molecule has 3 heteroatoms. The lowest BCUT2D eigenvalue weighted by Crippen LogP contribution is -2.25. The predicted molar refractivity (Wildman–Crippen MR) is 25.8 cm³/mol. The van der Waals surface area contributed by atoms with E-state index in [-0.39, 0.29) is 0 Å². The number of halogens is 3. The molecule has 8 heavy (non-hydrogen) atoms. The zero-order valence-electron chi connectivity index (χ0n) is 4.92. The van der Waals surface area contributed by atoms with Crippen molar-refractivity contribution in [2.45, 2.75) is 32.4 Å². The van der Waals surface area contributed by atoms with E-state index in [2.05, 4.69) is 0 Å².